The lowest BCUT2D eigenvalue weighted by Crippen LogP contribution is -2.11. The Morgan fingerprint density at radius 3 is 2.46 bits per heavy atom. The lowest BCUT2D eigenvalue weighted by molar-refractivity contribution is -0.136. The van der Waals surface area contributed by atoms with E-state index >= 15 is 0 Å². The van der Waals surface area contributed by atoms with Gasteiger partial charge in [-0.2, -0.15) is 5.26 Å². The highest BCUT2D eigenvalue weighted by atomic mass is 16.6. The zero-order valence-electron chi connectivity index (χ0n) is 19.3. The zero-order valence-corrected chi connectivity index (χ0v) is 19.3. The smallest absolute Gasteiger partial charge is 0.303 e. The monoisotopic (exact) mass is 474 g/mol. The van der Waals surface area contributed by atoms with Gasteiger partial charge in [-0.25, -0.2) is 0 Å². The number of ether oxygens (including phenoxy) is 3. The molecule has 3 aromatic carbocycles. The number of nitrogens with one attached hydrogen (secondary N) is 1. The first kappa shape index (κ1) is 25.1. The second-order valence-electron chi connectivity index (χ2n) is 7.36. The van der Waals surface area contributed by atoms with Gasteiger partial charge in [0.1, 0.15) is 41.9 Å². The van der Waals surface area contributed by atoms with Crippen molar-refractivity contribution in [2.75, 3.05) is 13.7 Å². The van der Waals surface area contributed by atoms with Crippen LogP contribution in [-0.2, 0) is 22.7 Å². The quantitative estimate of drug-likeness (QED) is 0.271. The van der Waals surface area contributed by atoms with Gasteiger partial charge in [0, 0.05) is 18.1 Å². The van der Waals surface area contributed by atoms with E-state index in [1.807, 2.05) is 60.7 Å². The SMILES string of the molecule is CONC(=COc1ccc(COc2ccc(CCC(=O)O)c(OCC#N)c2)cc1)c1ccccc1. The van der Waals surface area contributed by atoms with Gasteiger partial charge < -0.3 is 19.3 Å². The molecule has 0 atom stereocenters. The van der Waals surface area contributed by atoms with Crippen LogP contribution < -0.4 is 19.7 Å². The summed E-state index contributed by atoms with van der Waals surface area (Å²) in [6, 6.07) is 24.2. The number of nitrogens with zero attached hydrogens (tertiary/aromatic N) is 1. The number of carboxylic acids is 1. The molecule has 0 spiro atoms. The lowest BCUT2D eigenvalue weighted by Gasteiger charge is -2.12. The van der Waals surface area contributed by atoms with Gasteiger partial charge in [0.2, 0.25) is 0 Å². The summed E-state index contributed by atoms with van der Waals surface area (Å²) < 4.78 is 17.1. The van der Waals surface area contributed by atoms with Crippen LogP contribution in [0.4, 0.5) is 0 Å². The summed E-state index contributed by atoms with van der Waals surface area (Å²) in [5.74, 6) is 0.749. The average molecular weight is 475 g/mol. The molecule has 8 nitrogen and oxygen atoms in total. The van der Waals surface area contributed by atoms with E-state index in [1.165, 1.54) is 7.11 Å². The molecule has 0 saturated carbocycles. The number of hydroxylamine groups is 1. The highest BCUT2D eigenvalue weighted by Gasteiger charge is 2.09. The van der Waals surface area contributed by atoms with Crippen molar-refractivity contribution < 1.29 is 28.9 Å². The van der Waals surface area contributed by atoms with Gasteiger partial charge in [-0.15, -0.1) is 0 Å². The third-order valence-corrected chi connectivity index (χ3v) is 4.88. The molecule has 0 radical (unpaired) electrons. The Kier molecular flexibility index (Phi) is 9.54. The van der Waals surface area contributed by atoms with Gasteiger partial charge in [0.05, 0.1) is 7.11 Å². The Labute approximate surface area is 203 Å². The molecule has 0 fully saturated rings. The van der Waals surface area contributed by atoms with Crippen LogP contribution >= 0.6 is 0 Å². The van der Waals surface area contributed by atoms with Crippen molar-refractivity contribution in [3.63, 3.8) is 0 Å². The number of hydrogen-bond acceptors (Lipinski definition) is 7. The van der Waals surface area contributed by atoms with Crippen molar-refractivity contribution in [2.24, 2.45) is 0 Å². The van der Waals surface area contributed by atoms with Gasteiger partial charge in [0.25, 0.3) is 0 Å². The fraction of sp³-hybridized carbons (Fsp3) is 0.185. The van der Waals surface area contributed by atoms with E-state index in [0.29, 0.717) is 41.5 Å². The van der Waals surface area contributed by atoms with Gasteiger partial charge in [-0.3, -0.25) is 15.1 Å². The Balaban J connectivity index is 1.61. The van der Waals surface area contributed by atoms with E-state index in [9.17, 15) is 4.79 Å². The third kappa shape index (κ3) is 8.11. The van der Waals surface area contributed by atoms with Crippen LogP contribution in [-0.4, -0.2) is 24.8 Å². The minimum Gasteiger partial charge on any atom is -0.489 e. The summed E-state index contributed by atoms with van der Waals surface area (Å²) in [4.78, 5) is 15.9. The summed E-state index contributed by atoms with van der Waals surface area (Å²) in [6.07, 6.45) is 1.86. The molecule has 0 bridgehead atoms. The number of rotatable bonds is 13. The van der Waals surface area contributed by atoms with E-state index in [4.69, 9.17) is 29.4 Å². The lowest BCUT2D eigenvalue weighted by atomic mass is 10.1. The van der Waals surface area contributed by atoms with E-state index in [1.54, 1.807) is 24.5 Å². The molecule has 3 aromatic rings. The summed E-state index contributed by atoms with van der Waals surface area (Å²) >= 11 is 0. The molecule has 0 amide bonds. The summed E-state index contributed by atoms with van der Waals surface area (Å²) in [5.41, 5.74) is 6.05. The maximum atomic E-state index is 10.9. The van der Waals surface area contributed by atoms with Gasteiger partial charge in [-0.05, 0) is 35.7 Å². The number of carbonyl (C=O) groups is 1. The number of hydrogen-bond donors (Lipinski definition) is 2. The molecule has 0 aliphatic heterocycles. The largest absolute Gasteiger partial charge is 0.489 e. The number of benzene rings is 3. The van der Waals surface area contributed by atoms with Gasteiger partial charge in [0.15, 0.2) is 6.61 Å². The van der Waals surface area contributed by atoms with Crippen molar-refractivity contribution in [1.29, 1.82) is 5.26 Å². The molecule has 3 rings (SSSR count). The number of aliphatic carboxylic acids is 1. The molecule has 0 aliphatic carbocycles. The fourth-order valence-electron chi connectivity index (χ4n) is 3.15. The maximum Gasteiger partial charge on any atom is 0.303 e. The maximum absolute atomic E-state index is 10.9. The normalized spacial score (nSPS) is 10.8. The highest BCUT2D eigenvalue weighted by molar-refractivity contribution is 5.67. The van der Waals surface area contributed by atoms with Crippen molar-refractivity contribution >= 4 is 11.7 Å². The first-order chi connectivity index (χ1) is 17.1. The molecule has 0 aromatic heterocycles. The number of nitriles is 1. The van der Waals surface area contributed by atoms with Crippen molar-refractivity contribution in [3.8, 4) is 23.3 Å². The van der Waals surface area contributed by atoms with Gasteiger partial charge in [-0.1, -0.05) is 48.5 Å². The average Bonchev–Trinajstić information content (AvgIpc) is 2.89. The van der Waals surface area contributed by atoms with E-state index in [0.717, 1.165) is 11.1 Å². The van der Waals surface area contributed by atoms with E-state index in [-0.39, 0.29) is 13.0 Å². The molecule has 35 heavy (non-hydrogen) atoms. The molecule has 0 heterocycles. The topological polar surface area (TPSA) is 110 Å². The van der Waals surface area contributed by atoms with Crippen LogP contribution in [0.3, 0.4) is 0 Å². The van der Waals surface area contributed by atoms with E-state index in [2.05, 4.69) is 5.48 Å². The van der Waals surface area contributed by atoms with Crippen LogP contribution in [0.5, 0.6) is 17.2 Å². The van der Waals surface area contributed by atoms with Crippen LogP contribution in [0.1, 0.15) is 23.1 Å². The van der Waals surface area contributed by atoms with Gasteiger partial charge >= 0.3 is 5.97 Å². The molecule has 2 N–H and O–H groups in total. The molecular formula is C27H26N2O6. The Morgan fingerprint density at radius 1 is 1.03 bits per heavy atom. The Bertz CT molecular complexity index is 1170. The summed E-state index contributed by atoms with van der Waals surface area (Å²) in [5, 5.41) is 17.7. The zero-order chi connectivity index (χ0) is 24.9. The van der Waals surface area contributed by atoms with Crippen LogP contribution in [0.2, 0.25) is 0 Å². The first-order valence-corrected chi connectivity index (χ1v) is 10.9. The number of carboxylic acid groups (broad SMARTS) is 1. The standard InChI is InChI=1S/C27H26N2O6/c1-32-29-25(21-5-3-2-4-6-21)19-35-23-11-7-20(8-12-23)18-34-24-13-9-22(10-14-27(30)31)26(17-24)33-16-15-28/h2-9,11-13,17,19,29H,10,14,16,18H2,1H3,(H,30,31). The molecule has 0 saturated heterocycles. The molecule has 0 unspecified atom stereocenters. The van der Waals surface area contributed by atoms with Crippen molar-refractivity contribution in [3.05, 3.63) is 95.7 Å². The molecule has 0 aliphatic rings. The Morgan fingerprint density at radius 2 is 1.77 bits per heavy atom. The van der Waals surface area contributed by atoms with Crippen molar-refractivity contribution in [1.82, 2.24) is 5.48 Å². The Hall–Kier alpha value is -4.48. The second-order valence-corrected chi connectivity index (χ2v) is 7.36. The van der Waals surface area contributed by atoms with Crippen LogP contribution in [0.25, 0.3) is 5.70 Å². The van der Waals surface area contributed by atoms with Crippen LogP contribution in [0.15, 0.2) is 79.1 Å². The van der Waals surface area contributed by atoms with Crippen molar-refractivity contribution in [2.45, 2.75) is 19.4 Å². The summed E-state index contributed by atoms with van der Waals surface area (Å²) in [6.45, 7) is 0.175. The predicted molar refractivity (Wildman–Crippen MR) is 129 cm³/mol. The predicted octanol–water partition coefficient (Wildman–Crippen LogP) is 4.71. The van der Waals surface area contributed by atoms with E-state index < -0.39 is 5.97 Å². The second kappa shape index (κ2) is 13.3. The first-order valence-electron chi connectivity index (χ1n) is 10.9. The fourth-order valence-corrected chi connectivity index (χ4v) is 3.15. The molecule has 8 heteroatoms. The number of aryl methyl sites for hydroxylation is 1. The van der Waals surface area contributed by atoms with Crippen LogP contribution in [0, 0.1) is 11.3 Å². The minimum absolute atomic E-state index is 0.0267. The molecular weight excluding hydrogens is 448 g/mol. The minimum atomic E-state index is -0.897. The highest BCUT2D eigenvalue weighted by Crippen LogP contribution is 2.27. The third-order valence-electron chi connectivity index (χ3n) is 4.88. The molecule has 180 valence electrons. The summed E-state index contributed by atoms with van der Waals surface area (Å²) in [7, 11) is 1.54.